The van der Waals surface area contributed by atoms with Crippen LogP contribution in [0.5, 0.6) is 0 Å². The summed E-state index contributed by atoms with van der Waals surface area (Å²) < 4.78 is 2.45. The van der Waals surface area contributed by atoms with Gasteiger partial charge in [0, 0.05) is 21.9 Å². The molecule has 0 saturated heterocycles. The fraction of sp³-hybridized carbons (Fsp3) is 0.0909. The van der Waals surface area contributed by atoms with E-state index in [1.54, 1.807) is 0 Å². The lowest BCUT2D eigenvalue weighted by Crippen LogP contribution is -2.28. The van der Waals surface area contributed by atoms with Crippen molar-refractivity contribution in [3.05, 3.63) is 114 Å². The van der Waals surface area contributed by atoms with Gasteiger partial charge in [-0.25, -0.2) is 0 Å². The van der Waals surface area contributed by atoms with Crippen LogP contribution in [0, 0.1) is 0 Å². The summed E-state index contributed by atoms with van der Waals surface area (Å²) >= 11 is 0. The molecule has 8 rings (SSSR count). The Morgan fingerprint density at radius 3 is 2.14 bits per heavy atom. The Morgan fingerprint density at radius 2 is 1.31 bits per heavy atom. The van der Waals surface area contributed by atoms with Crippen molar-refractivity contribution in [3.8, 4) is 5.69 Å². The summed E-state index contributed by atoms with van der Waals surface area (Å²) in [5.74, 6) is 0. The normalized spacial score (nSPS) is 14.5. The van der Waals surface area contributed by atoms with Crippen molar-refractivity contribution < 1.29 is 0 Å². The Kier molecular flexibility index (Phi) is 3.50. The number of hydrogen-bond acceptors (Lipinski definition) is 1. The van der Waals surface area contributed by atoms with Crippen molar-refractivity contribution in [2.75, 3.05) is 5.32 Å². The van der Waals surface area contributed by atoms with Gasteiger partial charge in [0.2, 0.25) is 0 Å². The van der Waals surface area contributed by atoms with Gasteiger partial charge in [0.25, 0.3) is 0 Å². The fourth-order valence-corrected chi connectivity index (χ4v) is 6.49. The zero-order chi connectivity index (χ0) is 23.3. The van der Waals surface area contributed by atoms with Gasteiger partial charge in [0.05, 0.1) is 22.6 Å². The second kappa shape index (κ2) is 6.43. The molecule has 0 spiro atoms. The smallest absolute Gasteiger partial charge is 0.0690 e. The molecule has 0 bridgehead atoms. The van der Waals surface area contributed by atoms with Gasteiger partial charge in [-0.15, -0.1) is 0 Å². The molecule has 0 radical (unpaired) electrons. The lowest BCUT2D eigenvalue weighted by atomic mass is 9.75. The van der Waals surface area contributed by atoms with Crippen molar-refractivity contribution in [2.24, 2.45) is 0 Å². The quantitative estimate of drug-likeness (QED) is 0.248. The molecule has 1 aliphatic rings. The summed E-state index contributed by atoms with van der Waals surface area (Å²) in [7, 11) is 0. The maximum atomic E-state index is 3.96. The Labute approximate surface area is 203 Å². The van der Waals surface area contributed by atoms with Crippen molar-refractivity contribution in [1.82, 2.24) is 4.57 Å². The first-order valence-electron chi connectivity index (χ1n) is 12.3. The van der Waals surface area contributed by atoms with Crippen LogP contribution in [0.2, 0.25) is 0 Å². The van der Waals surface area contributed by atoms with Gasteiger partial charge in [-0.05, 0) is 56.8 Å². The molecule has 0 aliphatic carbocycles. The van der Waals surface area contributed by atoms with Crippen molar-refractivity contribution in [3.63, 3.8) is 0 Å². The number of anilines is 2. The minimum atomic E-state index is -0.199. The molecule has 35 heavy (non-hydrogen) atoms. The predicted octanol–water partition coefficient (Wildman–Crippen LogP) is 8.91. The number of hydrogen-bond donors (Lipinski definition) is 1. The average molecular weight is 449 g/mol. The summed E-state index contributed by atoms with van der Waals surface area (Å²) in [6, 6.07) is 37.7. The van der Waals surface area contributed by atoms with Gasteiger partial charge in [0.15, 0.2) is 0 Å². The van der Waals surface area contributed by atoms with Crippen LogP contribution < -0.4 is 5.32 Å². The molecule has 2 nitrogen and oxygen atoms in total. The zero-order valence-electron chi connectivity index (χ0n) is 19.8. The number of benzene rings is 6. The largest absolute Gasteiger partial charge is 0.353 e. The first kappa shape index (κ1) is 19.1. The van der Waals surface area contributed by atoms with Gasteiger partial charge >= 0.3 is 0 Å². The molecule has 1 aromatic heterocycles. The van der Waals surface area contributed by atoms with E-state index in [-0.39, 0.29) is 5.41 Å². The van der Waals surface area contributed by atoms with Crippen LogP contribution in [-0.4, -0.2) is 4.57 Å². The summed E-state index contributed by atoms with van der Waals surface area (Å²) in [6.07, 6.45) is 0. The number of fused-ring (bicyclic) bond motifs is 5. The fourth-order valence-electron chi connectivity index (χ4n) is 6.49. The maximum Gasteiger partial charge on any atom is 0.0690 e. The first-order valence-corrected chi connectivity index (χ1v) is 12.3. The number of para-hydroxylation sites is 2. The third-order valence-electron chi connectivity index (χ3n) is 8.05. The average Bonchev–Trinajstić information content (AvgIpc) is 3.23. The predicted molar refractivity (Wildman–Crippen MR) is 149 cm³/mol. The van der Waals surface area contributed by atoms with E-state index < -0.39 is 0 Å². The highest BCUT2D eigenvalue weighted by atomic mass is 15.1. The van der Waals surface area contributed by atoms with Gasteiger partial charge in [0.1, 0.15) is 0 Å². The molecule has 7 aromatic rings. The third-order valence-corrected chi connectivity index (χ3v) is 8.05. The third kappa shape index (κ3) is 2.34. The van der Waals surface area contributed by atoms with E-state index in [0.29, 0.717) is 0 Å². The summed E-state index contributed by atoms with van der Waals surface area (Å²) in [5.41, 5.74) is 7.34. The monoisotopic (exact) mass is 448 g/mol. The van der Waals surface area contributed by atoms with Crippen LogP contribution in [0.25, 0.3) is 48.9 Å². The van der Waals surface area contributed by atoms with Crippen LogP contribution >= 0.6 is 0 Å². The van der Waals surface area contributed by atoms with E-state index in [1.165, 1.54) is 71.5 Å². The molecule has 2 heteroatoms. The molecule has 0 atom stereocenters. The minimum absolute atomic E-state index is 0.199. The highest BCUT2D eigenvalue weighted by molar-refractivity contribution is 6.26. The van der Waals surface area contributed by atoms with Crippen molar-refractivity contribution in [2.45, 2.75) is 19.3 Å². The van der Waals surface area contributed by atoms with Crippen LogP contribution in [0.4, 0.5) is 11.4 Å². The minimum Gasteiger partial charge on any atom is -0.353 e. The van der Waals surface area contributed by atoms with E-state index in [0.717, 1.165) is 0 Å². The van der Waals surface area contributed by atoms with E-state index in [4.69, 9.17) is 0 Å². The second-order valence-corrected chi connectivity index (χ2v) is 10.3. The van der Waals surface area contributed by atoms with Crippen molar-refractivity contribution in [1.29, 1.82) is 0 Å². The van der Waals surface area contributed by atoms with Gasteiger partial charge in [-0.1, -0.05) is 92.7 Å². The molecular formula is C33H24N2. The van der Waals surface area contributed by atoms with E-state index in [2.05, 4.69) is 127 Å². The van der Waals surface area contributed by atoms with Crippen molar-refractivity contribution >= 4 is 54.6 Å². The van der Waals surface area contributed by atoms with Crippen LogP contribution in [0.3, 0.4) is 0 Å². The Morgan fingerprint density at radius 1 is 0.600 bits per heavy atom. The van der Waals surface area contributed by atoms with Gasteiger partial charge < -0.3 is 9.88 Å². The molecule has 0 unspecified atom stereocenters. The Bertz CT molecular complexity index is 1920. The van der Waals surface area contributed by atoms with Crippen LogP contribution in [0.15, 0.2) is 103 Å². The Hall–Kier alpha value is -4.30. The highest BCUT2D eigenvalue weighted by Crippen LogP contribution is 2.53. The number of nitrogens with one attached hydrogen (secondary N) is 1. The molecule has 1 N–H and O–H groups in total. The summed E-state index contributed by atoms with van der Waals surface area (Å²) in [4.78, 5) is 0. The Balaban J connectivity index is 1.52. The highest BCUT2D eigenvalue weighted by Gasteiger charge is 2.39. The number of aromatic nitrogens is 1. The van der Waals surface area contributed by atoms with E-state index >= 15 is 0 Å². The molecular weight excluding hydrogens is 424 g/mol. The number of rotatable bonds is 1. The molecule has 2 heterocycles. The van der Waals surface area contributed by atoms with Gasteiger partial charge in [-0.2, -0.15) is 0 Å². The lowest BCUT2D eigenvalue weighted by Gasteiger charge is -2.36. The maximum absolute atomic E-state index is 3.96. The summed E-state index contributed by atoms with van der Waals surface area (Å²) in [5, 5.41) is 13.2. The molecule has 0 saturated carbocycles. The molecule has 166 valence electrons. The standard InChI is InChI=1S/C33H24N2/c1-33(2)26-19-22-16-15-20-9-8-10-21-17-18-25(29(22)28(20)21)30(26)34-31-24-13-6-7-14-27(24)35(32(31)33)23-11-4-3-5-12-23/h3-19,34H,1-2H3. The lowest BCUT2D eigenvalue weighted by molar-refractivity contribution is 0.605. The first-order chi connectivity index (χ1) is 17.1. The summed E-state index contributed by atoms with van der Waals surface area (Å²) in [6.45, 7) is 4.75. The van der Waals surface area contributed by atoms with Crippen LogP contribution in [0.1, 0.15) is 25.1 Å². The second-order valence-electron chi connectivity index (χ2n) is 10.3. The molecule has 1 aliphatic heterocycles. The topological polar surface area (TPSA) is 17.0 Å². The number of nitrogens with zero attached hydrogens (tertiary/aromatic N) is 1. The molecule has 0 amide bonds. The van der Waals surface area contributed by atoms with Gasteiger partial charge in [-0.3, -0.25) is 0 Å². The van der Waals surface area contributed by atoms with E-state index in [1.807, 2.05) is 0 Å². The molecule has 0 fully saturated rings. The van der Waals surface area contributed by atoms with Crippen LogP contribution in [-0.2, 0) is 5.41 Å². The van der Waals surface area contributed by atoms with E-state index in [9.17, 15) is 0 Å². The SMILES string of the molecule is CC1(C)c2cc3ccc4cccc5ccc(c2Nc2c1n(-c1ccccc1)c1ccccc21)c3c45. The zero-order valence-corrected chi connectivity index (χ0v) is 19.8. The molecule has 6 aromatic carbocycles.